The van der Waals surface area contributed by atoms with Gasteiger partial charge in [0, 0.05) is 0 Å². The van der Waals surface area contributed by atoms with Gasteiger partial charge in [0.1, 0.15) is 0 Å². The van der Waals surface area contributed by atoms with Crippen LogP contribution in [0.2, 0.25) is 0 Å². The summed E-state index contributed by atoms with van der Waals surface area (Å²) < 4.78 is 0. The van der Waals surface area contributed by atoms with E-state index in [9.17, 15) is 0 Å². The highest BCUT2D eigenvalue weighted by molar-refractivity contribution is 5.54. The average molecular weight is 158 g/mol. The Bertz CT molecular complexity index is 295. The molecule has 0 aliphatic rings. The summed E-state index contributed by atoms with van der Waals surface area (Å²) >= 11 is 0. The maximum atomic E-state index is 3.77. The van der Waals surface area contributed by atoms with Gasteiger partial charge < -0.3 is 0 Å². The third kappa shape index (κ3) is 1.65. The van der Waals surface area contributed by atoms with Crippen molar-refractivity contribution in [2.24, 2.45) is 0 Å². The van der Waals surface area contributed by atoms with E-state index in [0.717, 1.165) is 6.42 Å². The molecule has 0 heterocycles. The van der Waals surface area contributed by atoms with Crippen LogP contribution >= 0.6 is 0 Å². The summed E-state index contributed by atoms with van der Waals surface area (Å²) in [6.45, 7) is 9.61. The zero-order chi connectivity index (χ0) is 8.97. The molecule has 12 heavy (non-hydrogen) atoms. The normalized spacial score (nSPS) is 9.42. The minimum Gasteiger partial charge on any atom is -0.103 e. The molecular formula is C12H14. The molecule has 0 aliphatic carbocycles. The van der Waals surface area contributed by atoms with Gasteiger partial charge in [0.25, 0.3) is 0 Å². The van der Waals surface area contributed by atoms with Gasteiger partial charge >= 0.3 is 0 Å². The van der Waals surface area contributed by atoms with Crippen LogP contribution in [0.1, 0.15) is 16.7 Å². The molecule has 0 spiro atoms. The molecule has 0 saturated carbocycles. The van der Waals surface area contributed by atoms with Crippen molar-refractivity contribution >= 4 is 6.08 Å². The summed E-state index contributed by atoms with van der Waals surface area (Å²) in [4.78, 5) is 0. The van der Waals surface area contributed by atoms with E-state index in [1.807, 2.05) is 12.2 Å². The fourth-order valence-corrected chi connectivity index (χ4v) is 1.30. The predicted octanol–water partition coefficient (Wildman–Crippen LogP) is 3.37. The Morgan fingerprint density at radius 3 is 2.67 bits per heavy atom. The maximum Gasteiger partial charge on any atom is -0.00973 e. The topological polar surface area (TPSA) is 0 Å². The Kier molecular flexibility index (Phi) is 2.87. The summed E-state index contributed by atoms with van der Waals surface area (Å²) in [6.07, 6.45) is 4.75. The van der Waals surface area contributed by atoms with Crippen LogP contribution < -0.4 is 0 Å². The van der Waals surface area contributed by atoms with Crippen molar-refractivity contribution in [2.75, 3.05) is 0 Å². The molecular weight excluding hydrogens is 144 g/mol. The average Bonchev–Trinajstić information content (AvgIpc) is 2.09. The lowest BCUT2D eigenvalue weighted by atomic mass is 10.0. The SMILES string of the molecule is C=CCc1cccc(C=C)c1C. The molecule has 0 aliphatic heterocycles. The molecule has 0 nitrogen and oxygen atoms in total. The van der Waals surface area contributed by atoms with Crippen molar-refractivity contribution in [3.8, 4) is 0 Å². The highest BCUT2D eigenvalue weighted by atomic mass is 14.0. The molecule has 1 aromatic carbocycles. The number of rotatable bonds is 3. The van der Waals surface area contributed by atoms with E-state index in [4.69, 9.17) is 0 Å². The summed E-state index contributed by atoms with van der Waals surface area (Å²) in [5.74, 6) is 0. The fraction of sp³-hybridized carbons (Fsp3) is 0.167. The van der Waals surface area contributed by atoms with Crippen LogP contribution in [0.4, 0.5) is 0 Å². The van der Waals surface area contributed by atoms with Gasteiger partial charge in [-0.3, -0.25) is 0 Å². The van der Waals surface area contributed by atoms with Crippen LogP contribution in [-0.4, -0.2) is 0 Å². The van der Waals surface area contributed by atoms with E-state index < -0.39 is 0 Å². The van der Waals surface area contributed by atoms with Gasteiger partial charge in [-0.25, -0.2) is 0 Å². The Hall–Kier alpha value is -1.30. The molecule has 1 aromatic rings. The number of allylic oxidation sites excluding steroid dienone is 1. The lowest BCUT2D eigenvalue weighted by Crippen LogP contribution is -1.89. The zero-order valence-corrected chi connectivity index (χ0v) is 7.51. The molecule has 0 atom stereocenters. The van der Waals surface area contributed by atoms with Crippen LogP contribution in [-0.2, 0) is 6.42 Å². The lowest BCUT2D eigenvalue weighted by molar-refractivity contribution is 1.21. The quantitative estimate of drug-likeness (QED) is 0.592. The zero-order valence-electron chi connectivity index (χ0n) is 7.51. The van der Waals surface area contributed by atoms with E-state index in [-0.39, 0.29) is 0 Å². The number of benzene rings is 1. The van der Waals surface area contributed by atoms with E-state index >= 15 is 0 Å². The van der Waals surface area contributed by atoms with E-state index in [2.05, 4.69) is 38.3 Å². The second-order valence-electron chi connectivity index (χ2n) is 2.83. The van der Waals surface area contributed by atoms with Crippen molar-refractivity contribution in [3.63, 3.8) is 0 Å². The van der Waals surface area contributed by atoms with Gasteiger partial charge in [-0.1, -0.05) is 36.9 Å². The van der Waals surface area contributed by atoms with Crippen molar-refractivity contribution in [2.45, 2.75) is 13.3 Å². The molecule has 0 amide bonds. The van der Waals surface area contributed by atoms with Crippen LogP contribution in [0.5, 0.6) is 0 Å². The van der Waals surface area contributed by atoms with Crippen LogP contribution in [0.3, 0.4) is 0 Å². The first kappa shape index (κ1) is 8.79. The highest BCUT2D eigenvalue weighted by Gasteiger charge is 1.98. The molecule has 0 heteroatoms. The molecule has 0 radical (unpaired) electrons. The lowest BCUT2D eigenvalue weighted by Gasteiger charge is -2.05. The summed E-state index contributed by atoms with van der Waals surface area (Å²) in [7, 11) is 0. The van der Waals surface area contributed by atoms with Crippen LogP contribution in [0.15, 0.2) is 37.4 Å². The Morgan fingerprint density at radius 2 is 2.08 bits per heavy atom. The molecule has 0 aromatic heterocycles. The minimum absolute atomic E-state index is 0.938. The second kappa shape index (κ2) is 3.91. The molecule has 1 rings (SSSR count). The molecule has 0 saturated heterocycles. The van der Waals surface area contributed by atoms with Gasteiger partial charge in [-0.05, 0) is 30.0 Å². The Labute approximate surface area is 74.2 Å². The number of hydrogen-bond donors (Lipinski definition) is 0. The van der Waals surface area contributed by atoms with Crippen molar-refractivity contribution in [3.05, 3.63) is 54.1 Å². The monoisotopic (exact) mass is 158 g/mol. The number of hydrogen-bond acceptors (Lipinski definition) is 0. The third-order valence-corrected chi connectivity index (χ3v) is 2.07. The van der Waals surface area contributed by atoms with Crippen molar-refractivity contribution in [1.29, 1.82) is 0 Å². The third-order valence-electron chi connectivity index (χ3n) is 2.07. The van der Waals surface area contributed by atoms with Crippen LogP contribution in [0.25, 0.3) is 6.08 Å². The fourth-order valence-electron chi connectivity index (χ4n) is 1.30. The van der Waals surface area contributed by atoms with E-state index in [1.54, 1.807) is 0 Å². The van der Waals surface area contributed by atoms with E-state index in [1.165, 1.54) is 16.7 Å². The Balaban J connectivity index is 3.12. The molecule has 0 fully saturated rings. The molecule has 62 valence electrons. The van der Waals surface area contributed by atoms with Crippen LogP contribution in [0, 0.1) is 6.92 Å². The summed E-state index contributed by atoms with van der Waals surface area (Å²) in [5, 5.41) is 0. The van der Waals surface area contributed by atoms with E-state index in [0.29, 0.717) is 0 Å². The minimum atomic E-state index is 0.938. The maximum absolute atomic E-state index is 3.77. The summed E-state index contributed by atoms with van der Waals surface area (Å²) in [5.41, 5.74) is 3.86. The molecule has 0 unspecified atom stereocenters. The standard InChI is InChI=1S/C12H14/c1-4-7-12-9-6-8-11(5-2)10(12)3/h4-6,8-9H,1-2,7H2,3H3. The van der Waals surface area contributed by atoms with Gasteiger partial charge in [-0.15, -0.1) is 6.58 Å². The predicted molar refractivity (Wildman–Crippen MR) is 55.2 cm³/mol. The second-order valence-corrected chi connectivity index (χ2v) is 2.83. The Morgan fingerprint density at radius 1 is 1.33 bits per heavy atom. The summed E-state index contributed by atoms with van der Waals surface area (Å²) in [6, 6.07) is 6.27. The van der Waals surface area contributed by atoms with Gasteiger partial charge in [-0.2, -0.15) is 0 Å². The van der Waals surface area contributed by atoms with Crippen molar-refractivity contribution in [1.82, 2.24) is 0 Å². The van der Waals surface area contributed by atoms with Crippen molar-refractivity contribution < 1.29 is 0 Å². The highest BCUT2D eigenvalue weighted by Crippen LogP contribution is 2.15. The first-order valence-corrected chi connectivity index (χ1v) is 4.11. The first-order chi connectivity index (χ1) is 5.79. The van der Waals surface area contributed by atoms with Gasteiger partial charge in [0.05, 0.1) is 0 Å². The molecule has 0 N–H and O–H groups in total. The molecule has 0 bridgehead atoms. The van der Waals surface area contributed by atoms with Gasteiger partial charge in [0.2, 0.25) is 0 Å². The first-order valence-electron chi connectivity index (χ1n) is 4.11. The largest absolute Gasteiger partial charge is 0.103 e. The van der Waals surface area contributed by atoms with Gasteiger partial charge in [0.15, 0.2) is 0 Å². The smallest absolute Gasteiger partial charge is 0.00973 e.